The summed E-state index contributed by atoms with van der Waals surface area (Å²) < 4.78 is 6.05. The van der Waals surface area contributed by atoms with Gasteiger partial charge in [0.2, 0.25) is 5.88 Å². The SMILES string of the molecule is CC/C=C(\Oc1cc(C)cc(C)n1)C(=O)N(CCc1ccc(-c2ccccc2C#N)cc1)C(CCC)=NC. The van der Waals surface area contributed by atoms with Crippen molar-refractivity contribution in [3.63, 3.8) is 0 Å². The van der Waals surface area contributed by atoms with E-state index in [2.05, 4.69) is 23.0 Å². The van der Waals surface area contributed by atoms with Crippen LogP contribution in [0, 0.1) is 25.2 Å². The zero-order valence-corrected chi connectivity index (χ0v) is 23.0. The number of nitriles is 1. The molecule has 0 atom stereocenters. The van der Waals surface area contributed by atoms with Crippen LogP contribution in [-0.4, -0.2) is 35.2 Å². The van der Waals surface area contributed by atoms with Crippen LogP contribution in [0.4, 0.5) is 0 Å². The van der Waals surface area contributed by atoms with E-state index in [9.17, 15) is 10.1 Å². The van der Waals surface area contributed by atoms with Gasteiger partial charge >= 0.3 is 0 Å². The second-order valence-corrected chi connectivity index (χ2v) is 9.15. The lowest BCUT2D eigenvalue weighted by molar-refractivity contribution is -0.125. The van der Waals surface area contributed by atoms with Crippen LogP contribution in [-0.2, 0) is 11.2 Å². The summed E-state index contributed by atoms with van der Waals surface area (Å²) in [5, 5.41) is 9.44. The highest BCUT2D eigenvalue weighted by molar-refractivity contribution is 6.05. The van der Waals surface area contributed by atoms with Gasteiger partial charge in [0.25, 0.3) is 5.91 Å². The Morgan fingerprint density at radius 1 is 1.11 bits per heavy atom. The fourth-order valence-corrected chi connectivity index (χ4v) is 4.32. The second kappa shape index (κ2) is 13.9. The molecular weight excluding hydrogens is 472 g/mol. The Kier molecular flexibility index (Phi) is 10.4. The Morgan fingerprint density at radius 3 is 2.47 bits per heavy atom. The highest BCUT2D eigenvalue weighted by atomic mass is 16.5. The van der Waals surface area contributed by atoms with E-state index in [0.29, 0.717) is 37.3 Å². The molecule has 196 valence electrons. The molecule has 1 aromatic heterocycles. The van der Waals surface area contributed by atoms with Gasteiger partial charge in [0.05, 0.1) is 11.6 Å². The maximum atomic E-state index is 13.8. The molecule has 6 heteroatoms. The van der Waals surface area contributed by atoms with Crippen LogP contribution in [0.15, 0.2) is 77.5 Å². The second-order valence-electron chi connectivity index (χ2n) is 9.15. The third kappa shape index (κ3) is 7.39. The van der Waals surface area contributed by atoms with Crippen LogP contribution in [0.5, 0.6) is 5.88 Å². The molecule has 0 saturated heterocycles. The average molecular weight is 509 g/mol. The first-order chi connectivity index (χ1) is 18.4. The maximum Gasteiger partial charge on any atom is 0.294 e. The third-order valence-corrected chi connectivity index (χ3v) is 6.11. The van der Waals surface area contributed by atoms with E-state index >= 15 is 0 Å². The van der Waals surface area contributed by atoms with E-state index in [4.69, 9.17) is 4.74 Å². The lowest BCUT2D eigenvalue weighted by Gasteiger charge is -2.25. The molecule has 0 unspecified atom stereocenters. The van der Waals surface area contributed by atoms with E-state index in [1.807, 2.05) is 81.4 Å². The molecule has 38 heavy (non-hydrogen) atoms. The van der Waals surface area contributed by atoms with E-state index in [1.165, 1.54) is 0 Å². The minimum atomic E-state index is -0.221. The standard InChI is InChI=1S/C32H36N4O2/c1-6-10-29(38-31-21-23(3)20-24(4)35-31)32(37)36(30(34-5)11-7-2)19-18-25-14-16-26(17-15-25)28-13-9-8-12-27(28)22-33/h8-10,12-17,20-21H,6-7,11,18-19H2,1-5H3/b29-10-,34-30?. The first kappa shape index (κ1) is 28.3. The minimum absolute atomic E-state index is 0.221. The van der Waals surface area contributed by atoms with Crippen LogP contribution in [0.1, 0.15) is 55.5 Å². The summed E-state index contributed by atoms with van der Waals surface area (Å²) in [5.41, 5.74) is 5.49. The molecule has 3 aromatic rings. The molecule has 0 N–H and O–H groups in total. The smallest absolute Gasteiger partial charge is 0.294 e. The number of nitrogens with zero attached hydrogens (tertiary/aromatic N) is 4. The zero-order chi connectivity index (χ0) is 27.5. The maximum absolute atomic E-state index is 13.8. The van der Waals surface area contributed by atoms with Gasteiger partial charge in [0, 0.05) is 31.8 Å². The van der Waals surface area contributed by atoms with Crippen molar-refractivity contribution < 1.29 is 9.53 Å². The van der Waals surface area contributed by atoms with E-state index in [1.54, 1.807) is 18.0 Å². The Labute approximate surface area is 226 Å². The molecule has 1 heterocycles. The number of hydrogen-bond acceptors (Lipinski definition) is 5. The molecule has 6 nitrogen and oxygen atoms in total. The summed E-state index contributed by atoms with van der Waals surface area (Å²) in [5.74, 6) is 1.18. The van der Waals surface area contributed by atoms with Crippen molar-refractivity contribution in [1.82, 2.24) is 9.88 Å². The largest absolute Gasteiger partial charge is 0.434 e. The van der Waals surface area contributed by atoms with Crippen LogP contribution < -0.4 is 4.74 Å². The number of amides is 1. The van der Waals surface area contributed by atoms with Crippen LogP contribution in [0.2, 0.25) is 0 Å². The van der Waals surface area contributed by atoms with Crippen LogP contribution in [0.3, 0.4) is 0 Å². The number of rotatable bonds is 10. The van der Waals surface area contributed by atoms with Gasteiger partial charge in [0.1, 0.15) is 5.84 Å². The number of benzene rings is 2. The molecule has 0 aliphatic heterocycles. The van der Waals surface area contributed by atoms with Gasteiger partial charge in [-0.2, -0.15) is 5.26 Å². The fraction of sp³-hybridized carbons (Fsp3) is 0.312. The van der Waals surface area contributed by atoms with Gasteiger partial charge in [-0.15, -0.1) is 0 Å². The Bertz CT molecular complexity index is 1330. The number of carbonyl (C=O) groups is 1. The van der Waals surface area contributed by atoms with Gasteiger partial charge in [0.15, 0.2) is 5.76 Å². The Balaban J connectivity index is 1.83. The number of pyridine rings is 1. The number of allylic oxidation sites excluding steroid dienone is 1. The Morgan fingerprint density at radius 2 is 1.84 bits per heavy atom. The van der Waals surface area contributed by atoms with Crippen molar-refractivity contribution in [2.45, 2.75) is 53.4 Å². The summed E-state index contributed by atoms with van der Waals surface area (Å²) in [7, 11) is 1.72. The highest BCUT2D eigenvalue weighted by Gasteiger charge is 2.24. The number of aliphatic imine (C=N–C) groups is 1. The van der Waals surface area contributed by atoms with E-state index in [0.717, 1.165) is 40.2 Å². The predicted molar refractivity (Wildman–Crippen MR) is 153 cm³/mol. The predicted octanol–water partition coefficient (Wildman–Crippen LogP) is 6.81. The van der Waals surface area contributed by atoms with Gasteiger partial charge < -0.3 is 4.74 Å². The lowest BCUT2D eigenvalue weighted by atomic mass is 9.99. The third-order valence-electron chi connectivity index (χ3n) is 6.11. The number of aromatic nitrogens is 1. The summed E-state index contributed by atoms with van der Waals surface area (Å²) in [4.78, 5) is 24.4. The fourth-order valence-electron chi connectivity index (χ4n) is 4.32. The summed E-state index contributed by atoms with van der Waals surface area (Å²) in [6, 6.07) is 21.8. The molecule has 0 bridgehead atoms. The summed E-state index contributed by atoms with van der Waals surface area (Å²) >= 11 is 0. The van der Waals surface area contributed by atoms with Crippen molar-refractivity contribution >= 4 is 11.7 Å². The first-order valence-electron chi connectivity index (χ1n) is 13.1. The van der Waals surface area contributed by atoms with Gasteiger partial charge in [-0.1, -0.05) is 56.3 Å². The summed E-state index contributed by atoms with van der Waals surface area (Å²) in [6.07, 6.45) is 4.66. The van der Waals surface area contributed by atoms with Crippen molar-refractivity contribution in [2.75, 3.05) is 13.6 Å². The number of ether oxygens (including phenoxy) is 1. The van der Waals surface area contributed by atoms with Crippen LogP contribution in [0.25, 0.3) is 11.1 Å². The number of amidine groups is 1. The first-order valence-corrected chi connectivity index (χ1v) is 13.1. The van der Waals surface area contributed by atoms with Crippen molar-refractivity contribution in [2.24, 2.45) is 4.99 Å². The van der Waals surface area contributed by atoms with E-state index < -0.39 is 0 Å². The molecule has 0 fully saturated rings. The monoisotopic (exact) mass is 508 g/mol. The molecule has 3 rings (SSSR count). The molecular formula is C32H36N4O2. The van der Waals surface area contributed by atoms with Gasteiger partial charge in [-0.3, -0.25) is 14.7 Å². The molecule has 0 aliphatic rings. The normalized spacial score (nSPS) is 11.7. The molecule has 1 amide bonds. The quantitative estimate of drug-likeness (QED) is 0.130. The van der Waals surface area contributed by atoms with Crippen molar-refractivity contribution in [1.29, 1.82) is 5.26 Å². The number of carbonyl (C=O) groups excluding carboxylic acids is 1. The highest BCUT2D eigenvalue weighted by Crippen LogP contribution is 2.24. The van der Waals surface area contributed by atoms with Crippen molar-refractivity contribution in [3.05, 3.63) is 94.9 Å². The number of aryl methyl sites for hydroxylation is 2. The topological polar surface area (TPSA) is 78.6 Å². The van der Waals surface area contributed by atoms with Gasteiger partial charge in [-0.05, 0) is 73.6 Å². The molecule has 0 radical (unpaired) electrons. The Hall–Kier alpha value is -4.24. The van der Waals surface area contributed by atoms with Crippen molar-refractivity contribution in [3.8, 4) is 23.1 Å². The number of hydrogen-bond donors (Lipinski definition) is 0. The van der Waals surface area contributed by atoms with E-state index in [-0.39, 0.29) is 11.7 Å². The molecule has 0 saturated carbocycles. The zero-order valence-electron chi connectivity index (χ0n) is 23.0. The van der Waals surface area contributed by atoms with Crippen LogP contribution >= 0.6 is 0 Å². The molecule has 0 aliphatic carbocycles. The lowest BCUT2D eigenvalue weighted by Crippen LogP contribution is -2.40. The van der Waals surface area contributed by atoms with Gasteiger partial charge in [-0.25, -0.2) is 4.98 Å². The minimum Gasteiger partial charge on any atom is -0.434 e. The summed E-state index contributed by atoms with van der Waals surface area (Å²) in [6.45, 7) is 8.40. The molecule has 2 aromatic carbocycles. The molecule has 0 spiro atoms. The average Bonchev–Trinajstić information content (AvgIpc) is 2.92.